The van der Waals surface area contributed by atoms with Gasteiger partial charge in [-0.05, 0) is 24.3 Å². The summed E-state index contributed by atoms with van der Waals surface area (Å²) in [7, 11) is 0. The highest BCUT2D eigenvalue weighted by Crippen LogP contribution is 2.31. The number of fused-ring (bicyclic) bond motifs is 2. The summed E-state index contributed by atoms with van der Waals surface area (Å²) in [4.78, 5) is 11.8. The average molecular weight is 344 g/mol. The van der Waals surface area contributed by atoms with Crippen molar-refractivity contribution in [3.63, 3.8) is 0 Å². The predicted molar refractivity (Wildman–Crippen MR) is 103 cm³/mol. The Morgan fingerprint density at radius 2 is 1.88 bits per heavy atom. The van der Waals surface area contributed by atoms with Crippen LogP contribution in [0.5, 0.6) is 0 Å². The van der Waals surface area contributed by atoms with Gasteiger partial charge in [0.25, 0.3) is 0 Å². The number of hydrogen-bond acceptors (Lipinski definition) is 5. The van der Waals surface area contributed by atoms with Crippen LogP contribution in [-0.4, -0.2) is 41.0 Å². The fourth-order valence-electron chi connectivity index (χ4n) is 3.56. The molecule has 5 heteroatoms. The van der Waals surface area contributed by atoms with Gasteiger partial charge in [-0.2, -0.15) is 0 Å². The van der Waals surface area contributed by atoms with E-state index >= 15 is 0 Å². The van der Waals surface area contributed by atoms with Crippen molar-refractivity contribution >= 4 is 21.9 Å². The average Bonchev–Trinajstić information content (AvgIpc) is 3.12. The van der Waals surface area contributed by atoms with Gasteiger partial charge in [0.15, 0.2) is 0 Å². The summed E-state index contributed by atoms with van der Waals surface area (Å²) >= 11 is 0. The summed E-state index contributed by atoms with van der Waals surface area (Å²) in [6.45, 7) is 5.09. The van der Waals surface area contributed by atoms with Gasteiger partial charge in [0.2, 0.25) is 0 Å². The van der Waals surface area contributed by atoms with E-state index in [4.69, 9.17) is 9.40 Å². The van der Waals surface area contributed by atoms with Crippen molar-refractivity contribution in [2.75, 3.05) is 26.2 Å². The van der Waals surface area contributed by atoms with Gasteiger partial charge in [-0.1, -0.05) is 18.2 Å². The Bertz CT molecular complexity index is 1030. The second-order valence-corrected chi connectivity index (χ2v) is 6.74. The van der Waals surface area contributed by atoms with Crippen molar-refractivity contribution in [2.24, 2.45) is 0 Å². The number of furan rings is 1. The summed E-state index contributed by atoms with van der Waals surface area (Å²) in [6.07, 6.45) is 3.71. The smallest absolute Gasteiger partial charge is 0.139 e. The molecule has 1 saturated heterocycles. The summed E-state index contributed by atoms with van der Waals surface area (Å²) in [6, 6.07) is 14.3. The van der Waals surface area contributed by atoms with Crippen LogP contribution in [0.4, 0.5) is 0 Å². The van der Waals surface area contributed by atoms with Gasteiger partial charge < -0.3 is 9.73 Å². The largest absolute Gasteiger partial charge is 0.456 e. The molecule has 1 aliphatic rings. The number of para-hydroxylation sites is 1. The second-order valence-electron chi connectivity index (χ2n) is 6.74. The third-order valence-corrected chi connectivity index (χ3v) is 4.94. The van der Waals surface area contributed by atoms with E-state index in [1.807, 2.05) is 30.6 Å². The van der Waals surface area contributed by atoms with Crippen molar-refractivity contribution in [1.82, 2.24) is 20.2 Å². The SMILES string of the molecule is c1ccc2oc(-c3cncc4ccc(CN5CCNCC5)nc34)cc2c1. The van der Waals surface area contributed by atoms with Crippen LogP contribution >= 0.6 is 0 Å². The molecular weight excluding hydrogens is 324 g/mol. The highest BCUT2D eigenvalue weighted by molar-refractivity contribution is 5.94. The molecule has 1 aliphatic heterocycles. The molecule has 1 N–H and O–H groups in total. The quantitative estimate of drug-likeness (QED) is 0.617. The lowest BCUT2D eigenvalue weighted by Gasteiger charge is -2.26. The summed E-state index contributed by atoms with van der Waals surface area (Å²) in [5.41, 5.74) is 3.87. The fraction of sp³-hybridized carbons (Fsp3) is 0.238. The number of aromatic nitrogens is 2. The second kappa shape index (κ2) is 6.52. The first-order valence-corrected chi connectivity index (χ1v) is 9.02. The van der Waals surface area contributed by atoms with Gasteiger partial charge in [0.1, 0.15) is 11.3 Å². The number of hydrogen-bond donors (Lipinski definition) is 1. The molecule has 0 atom stereocenters. The van der Waals surface area contributed by atoms with E-state index in [2.05, 4.69) is 39.5 Å². The molecule has 0 saturated carbocycles. The van der Waals surface area contributed by atoms with Crippen LogP contribution < -0.4 is 5.32 Å². The molecule has 26 heavy (non-hydrogen) atoms. The first-order valence-electron chi connectivity index (χ1n) is 9.02. The Balaban J connectivity index is 1.57. The molecule has 0 aliphatic carbocycles. The van der Waals surface area contributed by atoms with E-state index in [1.54, 1.807) is 0 Å². The molecule has 1 aromatic carbocycles. The summed E-state index contributed by atoms with van der Waals surface area (Å²) in [5.74, 6) is 0.816. The number of nitrogens with one attached hydrogen (secondary N) is 1. The van der Waals surface area contributed by atoms with Crippen LogP contribution in [0.2, 0.25) is 0 Å². The zero-order valence-electron chi connectivity index (χ0n) is 14.5. The standard InChI is InChI=1S/C21H20N4O/c1-2-4-19-15(3-1)11-20(26-19)18-13-23-12-16-5-6-17(24-21(16)18)14-25-9-7-22-8-10-25/h1-6,11-13,22H,7-10,14H2. The van der Waals surface area contributed by atoms with Crippen molar-refractivity contribution in [3.05, 3.63) is 60.6 Å². The normalized spacial score (nSPS) is 15.7. The maximum atomic E-state index is 6.05. The Labute approximate surface area is 151 Å². The third kappa shape index (κ3) is 2.85. The van der Waals surface area contributed by atoms with Gasteiger partial charge in [0.05, 0.1) is 16.8 Å². The molecule has 4 aromatic rings. The van der Waals surface area contributed by atoms with Crippen LogP contribution in [0, 0.1) is 0 Å². The minimum atomic E-state index is 0.816. The first-order chi connectivity index (χ1) is 12.9. The maximum Gasteiger partial charge on any atom is 0.139 e. The van der Waals surface area contributed by atoms with Gasteiger partial charge in [-0.25, -0.2) is 0 Å². The maximum absolute atomic E-state index is 6.05. The molecule has 0 unspecified atom stereocenters. The van der Waals surface area contributed by atoms with Crippen molar-refractivity contribution in [1.29, 1.82) is 0 Å². The molecule has 130 valence electrons. The molecule has 0 spiro atoms. The van der Waals surface area contributed by atoms with E-state index < -0.39 is 0 Å². The lowest BCUT2D eigenvalue weighted by molar-refractivity contribution is 0.231. The van der Waals surface area contributed by atoms with Crippen molar-refractivity contribution in [3.8, 4) is 11.3 Å². The minimum absolute atomic E-state index is 0.816. The van der Waals surface area contributed by atoms with Gasteiger partial charge >= 0.3 is 0 Å². The molecule has 4 heterocycles. The van der Waals surface area contributed by atoms with Crippen LogP contribution in [0.3, 0.4) is 0 Å². The van der Waals surface area contributed by atoms with Gasteiger partial charge in [0, 0.05) is 55.9 Å². The molecule has 1 fully saturated rings. The van der Waals surface area contributed by atoms with Gasteiger partial charge in [-0.3, -0.25) is 14.9 Å². The number of benzene rings is 1. The summed E-state index contributed by atoms with van der Waals surface area (Å²) < 4.78 is 6.05. The lowest BCUT2D eigenvalue weighted by Crippen LogP contribution is -2.43. The van der Waals surface area contributed by atoms with Crippen molar-refractivity contribution in [2.45, 2.75) is 6.54 Å². The Kier molecular flexibility index (Phi) is 3.88. The summed E-state index contributed by atoms with van der Waals surface area (Å²) in [5, 5.41) is 5.52. The molecule has 0 bridgehead atoms. The van der Waals surface area contributed by atoms with E-state index in [9.17, 15) is 0 Å². The molecule has 3 aromatic heterocycles. The molecule has 5 nitrogen and oxygen atoms in total. The van der Waals surface area contributed by atoms with E-state index in [1.165, 1.54) is 0 Å². The van der Waals surface area contributed by atoms with Gasteiger partial charge in [-0.15, -0.1) is 0 Å². The number of piperazine rings is 1. The zero-order chi connectivity index (χ0) is 17.3. The molecule has 0 amide bonds. The first kappa shape index (κ1) is 15.5. The topological polar surface area (TPSA) is 54.2 Å². The zero-order valence-corrected chi connectivity index (χ0v) is 14.5. The van der Waals surface area contributed by atoms with E-state index in [0.717, 1.165) is 71.6 Å². The Morgan fingerprint density at radius 1 is 1.00 bits per heavy atom. The minimum Gasteiger partial charge on any atom is -0.456 e. The molecule has 5 rings (SSSR count). The monoisotopic (exact) mass is 344 g/mol. The van der Waals surface area contributed by atoms with E-state index in [0.29, 0.717) is 0 Å². The molecular formula is C21H20N4O. The highest BCUT2D eigenvalue weighted by Gasteiger charge is 2.14. The Hall–Kier alpha value is -2.76. The third-order valence-electron chi connectivity index (χ3n) is 4.94. The number of pyridine rings is 2. The number of nitrogens with zero attached hydrogens (tertiary/aromatic N) is 3. The fourth-order valence-corrected chi connectivity index (χ4v) is 3.56. The predicted octanol–water partition coefficient (Wildman–Crippen LogP) is 3.45. The van der Waals surface area contributed by atoms with Crippen LogP contribution in [0.1, 0.15) is 5.69 Å². The van der Waals surface area contributed by atoms with Crippen LogP contribution in [0.15, 0.2) is 59.3 Å². The van der Waals surface area contributed by atoms with Crippen LogP contribution in [0.25, 0.3) is 33.2 Å². The molecule has 0 radical (unpaired) electrons. The van der Waals surface area contributed by atoms with Crippen LogP contribution in [-0.2, 0) is 6.54 Å². The van der Waals surface area contributed by atoms with Crippen molar-refractivity contribution < 1.29 is 4.42 Å². The van der Waals surface area contributed by atoms with E-state index in [-0.39, 0.29) is 0 Å². The Morgan fingerprint density at radius 3 is 2.77 bits per heavy atom. The highest BCUT2D eigenvalue weighted by atomic mass is 16.3. The lowest BCUT2D eigenvalue weighted by atomic mass is 10.1. The number of rotatable bonds is 3.